The van der Waals surface area contributed by atoms with Gasteiger partial charge in [-0.05, 0) is 37.7 Å². The average molecular weight is 346 g/mol. The zero-order valence-electron chi connectivity index (χ0n) is 14.6. The molecule has 0 atom stereocenters. The molecule has 0 fully saturated rings. The Bertz CT molecular complexity index is 862. The number of benzene rings is 2. The maximum atomic E-state index is 5.99. The van der Waals surface area contributed by atoms with Gasteiger partial charge in [0.2, 0.25) is 0 Å². The van der Waals surface area contributed by atoms with Gasteiger partial charge in [0.1, 0.15) is 17.1 Å². The molecule has 0 spiro atoms. The van der Waals surface area contributed by atoms with Crippen molar-refractivity contribution in [2.24, 2.45) is 4.99 Å². The van der Waals surface area contributed by atoms with E-state index in [1.807, 2.05) is 73.9 Å². The zero-order valence-corrected chi connectivity index (χ0v) is 15.6. The highest BCUT2D eigenvalue weighted by Crippen LogP contribution is 2.29. The van der Waals surface area contributed by atoms with E-state index in [4.69, 9.17) is 9.42 Å². The second-order valence-electron chi connectivity index (χ2n) is 5.89. The van der Waals surface area contributed by atoms with Crippen LogP contribution in [0.25, 0.3) is 0 Å². The number of aromatic nitrogens is 2. The smallest absolute Gasteiger partial charge is 0.274 e. The maximum absolute atomic E-state index is 5.99. The summed E-state index contributed by atoms with van der Waals surface area (Å²) in [4.78, 5) is 13.8. The second-order valence-corrected chi connectivity index (χ2v) is 7.91. The van der Waals surface area contributed by atoms with E-state index in [1.165, 1.54) is 0 Å². The average Bonchev–Trinajstić information content (AvgIpc) is 2.62. The van der Waals surface area contributed by atoms with Crippen molar-refractivity contribution in [1.82, 2.24) is 9.97 Å². The van der Waals surface area contributed by atoms with Crippen LogP contribution in [0.3, 0.4) is 0 Å². The Morgan fingerprint density at radius 2 is 1.56 bits per heavy atom. The molecule has 1 radical (unpaired) electrons. The number of hydrogen-bond acceptors (Lipinski definition) is 4. The predicted molar refractivity (Wildman–Crippen MR) is 103 cm³/mol. The second kappa shape index (κ2) is 7.85. The van der Waals surface area contributed by atoms with E-state index in [-0.39, 0.29) is 0 Å². The molecular weight excluding hydrogens is 326 g/mol. The largest absolute Gasteiger partial charge is 0.541 e. The molecule has 1 heterocycles. The van der Waals surface area contributed by atoms with Gasteiger partial charge in [-0.15, -0.1) is 0 Å². The Morgan fingerprint density at radius 3 is 2.24 bits per heavy atom. The van der Waals surface area contributed by atoms with Crippen molar-refractivity contribution in [2.75, 3.05) is 0 Å². The summed E-state index contributed by atoms with van der Waals surface area (Å²) in [6, 6.07) is 17.8. The highest BCUT2D eigenvalue weighted by molar-refractivity contribution is 6.49. The highest BCUT2D eigenvalue weighted by Gasteiger charge is 2.12. The van der Waals surface area contributed by atoms with Gasteiger partial charge in [-0.2, -0.15) is 0 Å². The predicted octanol–water partition coefficient (Wildman–Crippen LogP) is 4.58. The third kappa shape index (κ3) is 4.39. The van der Waals surface area contributed by atoms with Crippen LogP contribution < -0.4 is 4.43 Å². The number of aliphatic imine (C=N–C) groups is 1. The molecule has 0 saturated heterocycles. The minimum absolute atomic E-state index is 0.602. The molecular formula is C20H20N3OSi. The van der Waals surface area contributed by atoms with Crippen LogP contribution in [0.5, 0.6) is 5.75 Å². The number of hydrogen-bond donors (Lipinski definition) is 0. The number of nitrogens with zero attached hydrogens (tertiary/aromatic N) is 3. The third-order valence-electron chi connectivity index (χ3n) is 3.45. The molecule has 25 heavy (non-hydrogen) atoms. The minimum Gasteiger partial charge on any atom is -0.541 e. The van der Waals surface area contributed by atoms with Crippen molar-refractivity contribution in [3.63, 3.8) is 0 Å². The summed E-state index contributed by atoms with van der Waals surface area (Å²) >= 11 is 0. The van der Waals surface area contributed by atoms with Crippen LogP contribution in [0.15, 0.2) is 72.0 Å². The highest BCUT2D eigenvalue weighted by atomic mass is 28.3. The van der Waals surface area contributed by atoms with Gasteiger partial charge >= 0.3 is 0 Å². The lowest BCUT2D eigenvalue weighted by molar-refractivity contribution is 0.582. The molecule has 3 aromatic rings. The lowest BCUT2D eigenvalue weighted by Gasteiger charge is -2.12. The fraction of sp³-hybridized carbons (Fsp3) is 0.150. The van der Waals surface area contributed by atoms with E-state index < -0.39 is 9.04 Å². The minimum atomic E-state index is -0.878. The van der Waals surface area contributed by atoms with Crippen LogP contribution in [0.2, 0.25) is 13.1 Å². The van der Waals surface area contributed by atoms with Gasteiger partial charge in [0.15, 0.2) is 5.82 Å². The van der Waals surface area contributed by atoms with Crippen molar-refractivity contribution >= 4 is 20.4 Å². The first-order chi connectivity index (χ1) is 12.1. The zero-order chi connectivity index (χ0) is 17.6. The Labute approximate surface area is 150 Å². The van der Waals surface area contributed by atoms with E-state index in [1.54, 1.807) is 0 Å². The van der Waals surface area contributed by atoms with Crippen molar-refractivity contribution in [3.8, 4) is 5.75 Å². The topological polar surface area (TPSA) is 47.4 Å². The summed E-state index contributed by atoms with van der Waals surface area (Å²) in [5, 5.41) is 0. The Morgan fingerprint density at radius 1 is 0.920 bits per heavy atom. The summed E-state index contributed by atoms with van der Waals surface area (Å²) in [7, 11) is -0.878. The summed E-state index contributed by atoms with van der Waals surface area (Å²) in [5.41, 5.74) is 3.51. The molecule has 0 amide bonds. The van der Waals surface area contributed by atoms with Crippen LogP contribution in [0, 0.1) is 6.92 Å². The van der Waals surface area contributed by atoms with Crippen LogP contribution in [0.4, 0.5) is 5.69 Å². The van der Waals surface area contributed by atoms with E-state index in [9.17, 15) is 0 Å². The van der Waals surface area contributed by atoms with Gasteiger partial charge in [0, 0.05) is 18.0 Å². The molecule has 0 saturated carbocycles. The quantitative estimate of drug-likeness (QED) is 0.502. The first-order valence-electron chi connectivity index (χ1n) is 8.13. The van der Waals surface area contributed by atoms with E-state index in [2.05, 4.69) is 23.1 Å². The standard InChI is InChI=1S/C20H20N3OSi/c1-15-13-21-20(22-14-15)19(16-9-5-4-6-10-16)23-17-11-7-8-12-18(17)24-25(2)3/h4-14H,1-3H3. The lowest BCUT2D eigenvalue weighted by Crippen LogP contribution is -2.12. The van der Waals surface area contributed by atoms with E-state index >= 15 is 0 Å². The number of rotatable bonds is 5. The van der Waals surface area contributed by atoms with Gasteiger partial charge in [-0.25, -0.2) is 15.0 Å². The van der Waals surface area contributed by atoms with Crippen LogP contribution >= 0.6 is 0 Å². The first-order valence-corrected chi connectivity index (χ1v) is 10.5. The molecule has 0 aliphatic carbocycles. The van der Waals surface area contributed by atoms with Crippen LogP contribution in [-0.4, -0.2) is 24.7 Å². The van der Waals surface area contributed by atoms with Crippen molar-refractivity contribution in [2.45, 2.75) is 20.0 Å². The molecule has 0 bridgehead atoms. The molecule has 1 aromatic heterocycles. The van der Waals surface area contributed by atoms with Gasteiger partial charge in [-0.3, -0.25) is 0 Å². The summed E-state index contributed by atoms with van der Waals surface area (Å²) in [5.74, 6) is 1.40. The van der Waals surface area contributed by atoms with Crippen molar-refractivity contribution in [1.29, 1.82) is 0 Å². The van der Waals surface area contributed by atoms with Gasteiger partial charge in [0.05, 0.1) is 0 Å². The summed E-state index contributed by atoms with van der Waals surface area (Å²) < 4.78 is 5.99. The molecule has 0 aliphatic rings. The molecule has 0 unspecified atom stereocenters. The SMILES string of the molecule is Cc1cnc(C(=Nc2ccccc2O[Si](C)C)c2ccccc2)nc1. The molecule has 0 aliphatic heterocycles. The van der Waals surface area contributed by atoms with Crippen molar-refractivity contribution < 1.29 is 4.43 Å². The summed E-state index contributed by atoms with van der Waals surface area (Å²) in [6.07, 6.45) is 3.62. The fourth-order valence-electron chi connectivity index (χ4n) is 2.33. The third-order valence-corrected chi connectivity index (χ3v) is 4.08. The Balaban J connectivity index is 2.12. The Hall–Kier alpha value is -2.79. The molecule has 3 rings (SSSR count). The van der Waals surface area contributed by atoms with Crippen molar-refractivity contribution in [3.05, 3.63) is 83.9 Å². The fourth-order valence-corrected chi connectivity index (χ4v) is 2.94. The van der Waals surface area contributed by atoms with Gasteiger partial charge in [-0.1, -0.05) is 42.5 Å². The van der Waals surface area contributed by atoms with Crippen LogP contribution in [0.1, 0.15) is 17.0 Å². The molecule has 0 N–H and O–H groups in total. The van der Waals surface area contributed by atoms with E-state index in [0.717, 1.165) is 28.3 Å². The lowest BCUT2D eigenvalue weighted by atomic mass is 10.1. The monoisotopic (exact) mass is 346 g/mol. The van der Waals surface area contributed by atoms with Crippen LogP contribution in [-0.2, 0) is 0 Å². The molecule has 2 aromatic carbocycles. The number of para-hydroxylation sites is 2. The first kappa shape index (κ1) is 17.0. The normalized spacial score (nSPS) is 11.6. The van der Waals surface area contributed by atoms with E-state index in [0.29, 0.717) is 5.82 Å². The number of aryl methyl sites for hydroxylation is 1. The molecule has 5 heteroatoms. The van der Waals surface area contributed by atoms with Gasteiger partial charge in [0.25, 0.3) is 9.04 Å². The summed E-state index contributed by atoms with van der Waals surface area (Å²) in [6.45, 7) is 6.18. The van der Waals surface area contributed by atoms with Gasteiger partial charge < -0.3 is 4.43 Å². The maximum Gasteiger partial charge on any atom is 0.274 e. The Kier molecular flexibility index (Phi) is 5.35. The molecule has 4 nitrogen and oxygen atoms in total. The molecule has 125 valence electrons.